The van der Waals surface area contributed by atoms with E-state index in [0.717, 1.165) is 11.3 Å². The van der Waals surface area contributed by atoms with Gasteiger partial charge in [0.1, 0.15) is 5.82 Å². The van der Waals surface area contributed by atoms with E-state index in [0.29, 0.717) is 17.8 Å². The van der Waals surface area contributed by atoms with E-state index in [4.69, 9.17) is 0 Å². The van der Waals surface area contributed by atoms with Crippen LogP contribution < -0.4 is 10.2 Å². The van der Waals surface area contributed by atoms with Crippen LogP contribution >= 0.6 is 0 Å². The van der Waals surface area contributed by atoms with Crippen molar-refractivity contribution in [1.82, 2.24) is 9.88 Å². The second-order valence-corrected chi connectivity index (χ2v) is 7.90. The topological polar surface area (TPSA) is 85.8 Å². The maximum Gasteiger partial charge on any atom is 0.322 e. The van der Waals surface area contributed by atoms with Crippen molar-refractivity contribution in [2.75, 3.05) is 23.4 Å². The summed E-state index contributed by atoms with van der Waals surface area (Å²) in [5, 5.41) is 12.8. The summed E-state index contributed by atoms with van der Waals surface area (Å²) >= 11 is 0. The zero-order valence-electron chi connectivity index (χ0n) is 17.1. The minimum atomic E-state index is -0.417. The number of benzene rings is 2. The number of anilines is 2. The zero-order chi connectivity index (χ0) is 22.2. The van der Waals surface area contributed by atoms with Crippen molar-refractivity contribution in [3.8, 4) is 0 Å². The summed E-state index contributed by atoms with van der Waals surface area (Å²) in [5.41, 5.74) is 2.68. The van der Waals surface area contributed by atoms with Crippen LogP contribution in [0.5, 0.6) is 0 Å². The minimum Gasteiger partial charge on any atom is -0.394 e. The third-order valence-electron chi connectivity index (χ3n) is 6.19. The SMILES string of the molecule is O=C(c1ccncc1)N1C[C@H]2[C@@H](c3ccccc31)[C@H](CO)N2C(=O)Nc1ccc(F)cc1. The number of hydrogen-bond donors (Lipinski definition) is 2. The zero-order valence-corrected chi connectivity index (χ0v) is 17.1. The fraction of sp³-hybridized carbons (Fsp3) is 0.208. The largest absolute Gasteiger partial charge is 0.394 e. The average molecular weight is 432 g/mol. The average Bonchev–Trinajstić information content (AvgIpc) is 2.81. The first-order valence-electron chi connectivity index (χ1n) is 10.3. The third-order valence-corrected chi connectivity index (χ3v) is 6.19. The van der Waals surface area contributed by atoms with Gasteiger partial charge in [0, 0.05) is 41.8 Å². The number of carbonyl (C=O) groups is 2. The highest BCUT2D eigenvalue weighted by Gasteiger charge is 2.55. The van der Waals surface area contributed by atoms with Crippen molar-refractivity contribution < 1.29 is 19.1 Å². The normalized spacial score (nSPS) is 21.2. The first-order valence-corrected chi connectivity index (χ1v) is 10.3. The highest BCUT2D eigenvalue weighted by molar-refractivity contribution is 6.07. The summed E-state index contributed by atoms with van der Waals surface area (Å²) in [4.78, 5) is 33.6. The standard InChI is InChI=1S/C24H21FN4O3/c25-16-5-7-17(8-6-16)27-24(32)29-20-13-28(23(31)15-9-11-26-12-10-15)19-4-2-1-3-18(19)22(20)21(29)14-30/h1-12,20-22,30H,13-14H2,(H,27,32)/t20-,21-,22+/m0/s1. The van der Waals surface area contributed by atoms with Crippen LogP contribution in [0, 0.1) is 5.82 Å². The monoisotopic (exact) mass is 432 g/mol. The molecule has 3 amide bonds. The van der Waals surface area contributed by atoms with Gasteiger partial charge in [-0.2, -0.15) is 0 Å². The van der Waals surface area contributed by atoms with Crippen LogP contribution in [0.4, 0.5) is 20.6 Å². The molecule has 8 heteroatoms. The number of nitrogens with one attached hydrogen (secondary N) is 1. The molecule has 32 heavy (non-hydrogen) atoms. The van der Waals surface area contributed by atoms with Crippen molar-refractivity contribution in [1.29, 1.82) is 0 Å². The van der Waals surface area contributed by atoms with Gasteiger partial charge in [0.25, 0.3) is 5.91 Å². The number of amides is 3. The number of halogens is 1. The van der Waals surface area contributed by atoms with Gasteiger partial charge >= 0.3 is 6.03 Å². The Hall–Kier alpha value is -3.78. The summed E-state index contributed by atoms with van der Waals surface area (Å²) in [7, 11) is 0. The Balaban J connectivity index is 1.46. The molecule has 2 aliphatic heterocycles. The second-order valence-electron chi connectivity index (χ2n) is 7.90. The van der Waals surface area contributed by atoms with Gasteiger partial charge in [-0.3, -0.25) is 9.78 Å². The Morgan fingerprint density at radius 2 is 1.78 bits per heavy atom. The maximum atomic E-state index is 13.3. The molecule has 7 nitrogen and oxygen atoms in total. The van der Waals surface area contributed by atoms with E-state index in [2.05, 4.69) is 10.3 Å². The molecule has 2 aliphatic rings. The molecule has 0 unspecified atom stereocenters. The summed E-state index contributed by atoms with van der Waals surface area (Å²) in [6.07, 6.45) is 3.14. The van der Waals surface area contributed by atoms with Gasteiger partial charge in [0.15, 0.2) is 0 Å². The van der Waals surface area contributed by atoms with Crippen molar-refractivity contribution in [2.24, 2.45) is 0 Å². The summed E-state index contributed by atoms with van der Waals surface area (Å²) in [6, 6.07) is 15.3. The molecule has 0 aliphatic carbocycles. The second kappa shape index (κ2) is 8.05. The fourth-order valence-corrected chi connectivity index (χ4v) is 4.73. The van der Waals surface area contributed by atoms with Crippen LogP contribution in [-0.2, 0) is 0 Å². The number of hydrogen-bond acceptors (Lipinski definition) is 4. The van der Waals surface area contributed by atoms with E-state index in [9.17, 15) is 19.1 Å². The van der Waals surface area contributed by atoms with E-state index >= 15 is 0 Å². The molecule has 0 bridgehead atoms. The predicted molar refractivity (Wildman–Crippen MR) is 117 cm³/mol. The van der Waals surface area contributed by atoms with Crippen LogP contribution in [-0.4, -0.2) is 52.2 Å². The smallest absolute Gasteiger partial charge is 0.322 e. The molecular weight excluding hydrogens is 411 g/mol. The summed E-state index contributed by atoms with van der Waals surface area (Å²) < 4.78 is 13.2. The molecule has 3 atom stereocenters. The molecule has 0 spiro atoms. The van der Waals surface area contributed by atoms with Crippen LogP contribution in [0.25, 0.3) is 0 Å². The number of nitrogens with zero attached hydrogens (tertiary/aromatic N) is 3. The number of aliphatic hydroxyl groups excluding tert-OH is 1. The van der Waals surface area contributed by atoms with Gasteiger partial charge in [-0.05, 0) is 48.0 Å². The number of para-hydroxylation sites is 1. The highest BCUT2D eigenvalue weighted by atomic mass is 19.1. The number of rotatable bonds is 3. The number of likely N-dealkylation sites (tertiary alicyclic amines) is 1. The molecule has 1 aromatic heterocycles. The lowest BCUT2D eigenvalue weighted by atomic mass is 9.72. The Bertz CT molecular complexity index is 1160. The van der Waals surface area contributed by atoms with Crippen molar-refractivity contribution in [2.45, 2.75) is 18.0 Å². The van der Waals surface area contributed by atoms with E-state index in [1.165, 1.54) is 24.3 Å². The van der Waals surface area contributed by atoms with Gasteiger partial charge < -0.3 is 20.2 Å². The summed E-state index contributed by atoms with van der Waals surface area (Å²) in [6.45, 7) is 0.0980. The van der Waals surface area contributed by atoms with E-state index < -0.39 is 17.9 Å². The van der Waals surface area contributed by atoms with Gasteiger partial charge in [-0.15, -0.1) is 0 Å². The van der Waals surface area contributed by atoms with Gasteiger partial charge in [0.2, 0.25) is 0 Å². The summed E-state index contributed by atoms with van der Waals surface area (Å²) in [5.74, 6) is -0.657. The lowest BCUT2D eigenvalue weighted by Crippen LogP contribution is -2.71. The number of pyridine rings is 1. The molecule has 2 aromatic carbocycles. The van der Waals surface area contributed by atoms with E-state index in [-0.39, 0.29) is 24.5 Å². The Morgan fingerprint density at radius 3 is 2.50 bits per heavy atom. The molecule has 3 heterocycles. The lowest BCUT2D eigenvalue weighted by molar-refractivity contribution is -0.00265. The van der Waals surface area contributed by atoms with Crippen LogP contribution in [0.15, 0.2) is 73.1 Å². The Kier molecular flexibility index (Phi) is 5.07. The van der Waals surface area contributed by atoms with Crippen LogP contribution in [0.1, 0.15) is 21.8 Å². The third kappa shape index (κ3) is 3.29. The number of aromatic nitrogens is 1. The van der Waals surface area contributed by atoms with Gasteiger partial charge in [-0.25, -0.2) is 9.18 Å². The molecular formula is C24H21FN4O3. The molecule has 0 saturated carbocycles. The molecule has 3 aromatic rings. The Morgan fingerprint density at radius 1 is 1.06 bits per heavy atom. The molecule has 162 valence electrons. The first kappa shape index (κ1) is 20.1. The van der Waals surface area contributed by atoms with Crippen molar-refractivity contribution in [3.05, 3.63) is 90.0 Å². The van der Waals surface area contributed by atoms with Crippen LogP contribution in [0.3, 0.4) is 0 Å². The quantitative estimate of drug-likeness (QED) is 0.665. The molecule has 5 rings (SSSR count). The number of urea groups is 1. The van der Waals surface area contributed by atoms with Crippen molar-refractivity contribution in [3.63, 3.8) is 0 Å². The predicted octanol–water partition coefficient (Wildman–Crippen LogP) is 3.24. The molecule has 2 N–H and O–H groups in total. The van der Waals surface area contributed by atoms with E-state index in [1.807, 2.05) is 24.3 Å². The number of aliphatic hydroxyl groups is 1. The molecule has 1 saturated heterocycles. The Labute approximate surface area is 184 Å². The fourth-order valence-electron chi connectivity index (χ4n) is 4.73. The highest BCUT2D eigenvalue weighted by Crippen LogP contribution is 2.48. The van der Waals surface area contributed by atoms with E-state index in [1.54, 1.807) is 34.3 Å². The number of carbonyl (C=O) groups excluding carboxylic acids is 2. The van der Waals surface area contributed by atoms with Crippen molar-refractivity contribution >= 4 is 23.3 Å². The molecule has 0 radical (unpaired) electrons. The number of fused-ring (bicyclic) bond motifs is 3. The maximum absolute atomic E-state index is 13.3. The first-order chi connectivity index (χ1) is 15.6. The van der Waals surface area contributed by atoms with Gasteiger partial charge in [-0.1, -0.05) is 18.2 Å². The molecule has 1 fully saturated rings. The lowest BCUT2D eigenvalue weighted by Gasteiger charge is -2.58. The van der Waals surface area contributed by atoms with Gasteiger partial charge in [0.05, 0.1) is 18.7 Å². The minimum absolute atomic E-state index is 0.0864. The van der Waals surface area contributed by atoms with Crippen LogP contribution in [0.2, 0.25) is 0 Å².